The number of hydrogen-bond donors (Lipinski definition) is 2. The second-order valence-electron chi connectivity index (χ2n) is 8.02. The number of aromatic amines is 1. The number of methoxy groups -OCH3 is 1. The third-order valence-electron chi connectivity index (χ3n) is 5.85. The van der Waals surface area contributed by atoms with E-state index in [0.717, 1.165) is 0 Å². The van der Waals surface area contributed by atoms with E-state index in [2.05, 4.69) is 9.98 Å². The molecule has 1 atom stereocenters. The minimum absolute atomic E-state index is 0.201. The Hall–Kier alpha value is -2.84. The van der Waals surface area contributed by atoms with Gasteiger partial charge in [-0.3, -0.25) is 9.79 Å². The van der Waals surface area contributed by atoms with E-state index in [1.807, 2.05) is 0 Å². The first-order valence-electron chi connectivity index (χ1n) is 9.88. The molecule has 5 nitrogen and oxygen atoms in total. The molecular formula is C23H20ClF3N2O3. The average Bonchev–Trinajstić information content (AvgIpc) is 3.51. The first-order valence-corrected chi connectivity index (χ1v) is 10.3. The van der Waals surface area contributed by atoms with Crippen molar-refractivity contribution in [3.05, 3.63) is 69.5 Å². The molecule has 0 radical (unpaired) electrons. The fraction of sp³-hybridized carbons (Fsp3) is 0.304. The molecule has 32 heavy (non-hydrogen) atoms. The van der Waals surface area contributed by atoms with Crippen LogP contribution in [0.5, 0.6) is 5.75 Å². The molecule has 1 aliphatic rings. The van der Waals surface area contributed by atoms with Crippen molar-refractivity contribution in [3.63, 3.8) is 0 Å². The highest BCUT2D eigenvalue weighted by atomic mass is 35.5. The van der Waals surface area contributed by atoms with Gasteiger partial charge in [0.05, 0.1) is 23.3 Å². The van der Waals surface area contributed by atoms with Gasteiger partial charge in [-0.15, -0.1) is 0 Å². The van der Waals surface area contributed by atoms with Crippen LogP contribution in [0, 0.1) is 0 Å². The maximum Gasteiger partial charge on any atom is 0.422 e. The van der Waals surface area contributed by atoms with Crippen LogP contribution >= 0.6 is 11.6 Å². The summed E-state index contributed by atoms with van der Waals surface area (Å²) in [7, 11) is 1.41. The zero-order chi connectivity index (χ0) is 23.1. The molecular weight excluding hydrogens is 445 g/mol. The van der Waals surface area contributed by atoms with Crippen LogP contribution in [0.4, 0.5) is 18.9 Å². The third kappa shape index (κ3) is 4.00. The Bertz CT molecular complexity index is 1250. The normalized spacial score (nSPS) is 17.4. The van der Waals surface area contributed by atoms with Crippen molar-refractivity contribution in [1.82, 2.24) is 4.98 Å². The number of fused-ring (bicyclic) bond motifs is 1. The van der Waals surface area contributed by atoms with Gasteiger partial charge in [0.2, 0.25) is 5.56 Å². The van der Waals surface area contributed by atoms with Gasteiger partial charge in [0.25, 0.3) is 0 Å². The number of pyridine rings is 1. The molecule has 1 fully saturated rings. The van der Waals surface area contributed by atoms with Gasteiger partial charge < -0.3 is 14.8 Å². The lowest BCUT2D eigenvalue weighted by Gasteiger charge is -2.31. The second kappa shape index (κ2) is 7.94. The number of nitrogens with zero attached hydrogens (tertiary/aromatic N) is 1. The summed E-state index contributed by atoms with van der Waals surface area (Å²) in [5.41, 5.74) is -3.28. The van der Waals surface area contributed by atoms with E-state index in [0.29, 0.717) is 46.3 Å². The van der Waals surface area contributed by atoms with Crippen LogP contribution < -0.4 is 10.3 Å². The number of ether oxygens (including phenoxy) is 1. The van der Waals surface area contributed by atoms with Gasteiger partial charge in [-0.2, -0.15) is 13.2 Å². The summed E-state index contributed by atoms with van der Waals surface area (Å²) in [5, 5.41) is 11.5. The molecule has 1 saturated carbocycles. The standard InChI is InChI=1S/C23H20ClF3N2O3/c1-32-20-15(4-2-5-16(20)24)21(10-11-21)12-22(31,23(25,26)27)13-28-17-6-3-7-18-14(17)8-9-19(30)29-18/h2-9,13,31H,10-12H2,1H3,(H,29,30)/b28-13-. The maximum atomic E-state index is 14.1. The minimum Gasteiger partial charge on any atom is -0.495 e. The first-order chi connectivity index (χ1) is 15.1. The zero-order valence-electron chi connectivity index (χ0n) is 17.0. The summed E-state index contributed by atoms with van der Waals surface area (Å²) in [4.78, 5) is 18.1. The molecule has 1 aromatic heterocycles. The number of alkyl halides is 3. The Morgan fingerprint density at radius 2 is 1.91 bits per heavy atom. The molecule has 1 heterocycles. The molecule has 0 bridgehead atoms. The Morgan fingerprint density at radius 3 is 2.56 bits per heavy atom. The van der Waals surface area contributed by atoms with E-state index in [1.165, 1.54) is 25.3 Å². The zero-order valence-corrected chi connectivity index (χ0v) is 17.8. The van der Waals surface area contributed by atoms with Crippen molar-refractivity contribution in [2.75, 3.05) is 7.11 Å². The average molecular weight is 465 g/mol. The van der Waals surface area contributed by atoms with Crippen molar-refractivity contribution in [1.29, 1.82) is 0 Å². The number of nitrogens with one attached hydrogen (secondary N) is 1. The number of rotatable bonds is 6. The van der Waals surface area contributed by atoms with Gasteiger partial charge in [0.15, 0.2) is 5.60 Å². The van der Waals surface area contributed by atoms with Gasteiger partial charge in [-0.05, 0) is 37.1 Å². The number of benzene rings is 2. The van der Waals surface area contributed by atoms with Crippen LogP contribution in [0.25, 0.3) is 10.9 Å². The third-order valence-corrected chi connectivity index (χ3v) is 6.15. The Morgan fingerprint density at radius 1 is 1.19 bits per heavy atom. The molecule has 2 N–H and O–H groups in total. The minimum atomic E-state index is -4.96. The topological polar surface area (TPSA) is 74.7 Å². The lowest BCUT2D eigenvalue weighted by atomic mass is 9.82. The van der Waals surface area contributed by atoms with E-state index in [9.17, 15) is 23.1 Å². The smallest absolute Gasteiger partial charge is 0.422 e. The van der Waals surface area contributed by atoms with Crippen LogP contribution in [0.1, 0.15) is 24.8 Å². The molecule has 0 spiro atoms. The van der Waals surface area contributed by atoms with Crippen LogP contribution in [0.3, 0.4) is 0 Å². The SMILES string of the molecule is COc1c(Cl)cccc1C1(CC(O)(/C=N\c2cccc3[nH]c(=O)ccc23)C(F)(F)F)CC1. The Kier molecular flexibility index (Phi) is 5.55. The summed E-state index contributed by atoms with van der Waals surface area (Å²) in [6, 6.07) is 12.4. The monoisotopic (exact) mass is 464 g/mol. The molecule has 4 rings (SSSR count). The van der Waals surface area contributed by atoms with Gasteiger partial charge in [0.1, 0.15) is 5.75 Å². The fourth-order valence-electron chi connectivity index (χ4n) is 4.02. The second-order valence-corrected chi connectivity index (χ2v) is 8.43. The lowest BCUT2D eigenvalue weighted by Crippen LogP contribution is -2.49. The van der Waals surface area contributed by atoms with E-state index in [1.54, 1.807) is 30.3 Å². The number of halogens is 4. The Labute approximate surface area is 186 Å². The predicted octanol–water partition coefficient (Wildman–Crippen LogP) is 5.31. The number of para-hydroxylation sites is 1. The number of H-pyrrole nitrogens is 1. The van der Waals surface area contributed by atoms with Crippen molar-refractivity contribution >= 4 is 34.4 Å². The summed E-state index contributed by atoms with van der Waals surface area (Å²) < 4.78 is 47.5. The Balaban J connectivity index is 1.74. The van der Waals surface area contributed by atoms with Gasteiger partial charge in [-0.25, -0.2) is 0 Å². The molecule has 0 saturated heterocycles. The summed E-state index contributed by atoms with van der Waals surface area (Å²) >= 11 is 6.17. The molecule has 168 valence electrons. The van der Waals surface area contributed by atoms with Crippen molar-refractivity contribution in [2.24, 2.45) is 4.99 Å². The first kappa shape index (κ1) is 22.4. The van der Waals surface area contributed by atoms with Crippen molar-refractivity contribution in [2.45, 2.75) is 36.5 Å². The van der Waals surface area contributed by atoms with E-state index >= 15 is 0 Å². The lowest BCUT2D eigenvalue weighted by molar-refractivity contribution is -0.233. The highest BCUT2D eigenvalue weighted by Crippen LogP contribution is 2.58. The fourth-order valence-corrected chi connectivity index (χ4v) is 4.27. The molecule has 1 aliphatic carbocycles. The molecule has 0 amide bonds. The molecule has 9 heteroatoms. The van der Waals surface area contributed by atoms with Crippen molar-refractivity contribution < 1.29 is 23.0 Å². The number of aliphatic hydroxyl groups is 1. The summed E-state index contributed by atoms with van der Waals surface area (Å²) in [6.45, 7) is 0. The van der Waals surface area contributed by atoms with Gasteiger partial charge in [-0.1, -0.05) is 29.8 Å². The number of hydrogen-bond acceptors (Lipinski definition) is 4. The highest BCUT2D eigenvalue weighted by molar-refractivity contribution is 6.32. The number of aromatic nitrogens is 1. The quantitative estimate of drug-likeness (QED) is 0.486. The molecule has 3 aromatic rings. The van der Waals surface area contributed by atoms with Crippen LogP contribution in [-0.2, 0) is 5.41 Å². The largest absolute Gasteiger partial charge is 0.495 e. The van der Waals surface area contributed by atoms with E-state index in [4.69, 9.17) is 16.3 Å². The molecule has 0 aliphatic heterocycles. The van der Waals surface area contributed by atoms with Crippen molar-refractivity contribution in [3.8, 4) is 5.75 Å². The summed E-state index contributed by atoms with van der Waals surface area (Å²) in [5.74, 6) is 0.311. The van der Waals surface area contributed by atoms with Gasteiger partial charge in [0, 0.05) is 35.1 Å². The maximum absolute atomic E-state index is 14.1. The molecule has 1 unspecified atom stereocenters. The molecule has 2 aromatic carbocycles. The predicted molar refractivity (Wildman–Crippen MR) is 117 cm³/mol. The van der Waals surface area contributed by atoms with Gasteiger partial charge >= 0.3 is 6.18 Å². The summed E-state index contributed by atoms with van der Waals surface area (Å²) in [6.07, 6.45) is -4.14. The van der Waals surface area contributed by atoms with Crippen LogP contribution in [0.2, 0.25) is 5.02 Å². The number of aliphatic imine (C=N–C) groups is 1. The van der Waals surface area contributed by atoms with E-state index in [-0.39, 0.29) is 11.2 Å². The highest BCUT2D eigenvalue weighted by Gasteiger charge is 2.60. The van der Waals surface area contributed by atoms with E-state index < -0.39 is 23.6 Å². The van der Waals surface area contributed by atoms with Crippen LogP contribution in [-0.4, -0.2) is 35.2 Å². The van der Waals surface area contributed by atoms with Crippen LogP contribution in [0.15, 0.2) is 58.3 Å².